The van der Waals surface area contributed by atoms with Gasteiger partial charge in [0.05, 0.1) is 0 Å². The summed E-state index contributed by atoms with van der Waals surface area (Å²) in [5.41, 5.74) is 0. The minimum atomic E-state index is -0.838. The van der Waals surface area contributed by atoms with Gasteiger partial charge in [0, 0.05) is 6.08 Å². The van der Waals surface area contributed by atoms with Crippen LogP contribution in [0.1, 0.15) is 0 Å². The van der Waals surface area contributed by atoms with E-state index in [0.717, 1.165) is 6.08 Å². The van der Waals surface area contributed by atoms with Crippen LogP contribution in [0.25, 0.3) is 0 Å². The maximum atomic E-state index is 9.59. The Hall–Kier alpha value is -0.350. The van der Waals surface area contributed by atoms with Crippen molar-refractivity contribution in [3.8, 4) is 0 Å². The predicted octanol–water partition coefficient (Wildman–Crippen LogP) is 0.766. The molecule has 0 unspecified atom stereocenters. The molecule has 0 amide bonds. The van der Waals surface area contributed by atoms with Crippen LogP contribution in [0.15, 0.2) is 12.7 Å². The third-order valence-corrected chi connectivity index (χ3v) is 0.257. The molecular weight excluding hydrogens is 164 g/mol. The summed E-state index contributed by atoms with van der Waals surface area (Å²) in [6.45, 7) is 3.00. The van der Waals surface area contributed by atoms with Crippen LogP contribution < -0.4 is 0 Å². The Morgan fingerprint density at radius 2 is 2.29 bits per heavy atom. The molecule has 0 aliphatic heterocycles. The maximum absolute atomic E-state index is 9.59. The largest absolute Gasteiger partial charge is 0.365 e. The molecule has 0 atom stereocenters. The van der Waals surface area contributed by atoms with Crippen molar-refractivity contribution in [1.29, 1.82) is 0 Å². The van der Waals surface area contributed by atoms with Gasteiger partial charge in [-0.05, 0) is 0 Å². The van der Waals surface area contributed by atoms with Crippen molar-refractivity contribution in [1.82, 2.24) is 0 Å². The van der Waals surface area contributed by atoms with Crippen LogP contribution in [0.4, 0.5) is 0 Å². The first kappa shape index (κ1) is 9.82. The SMILES string of the molecule is Br.C=CC(=O)OO. The monoisotopic (exact) mass is 168 g/mol. The maximum Gasteiger partial charge on any atom is 0.365 e. The Morgan fingerprint density at radius 1 is 1.86 bits per heavy atom. The lowest BCUT2D eigenvalue weighted by Crippen LogP contribution is -1.92. The molecule has 0 aromatic rings. The van der Waals surface area contributed by atoms with Crippen molar-refractivity contribution in [3.63, 3.8) is 0 Å². The number of carbonyl (C=O) groups is 1. The van der Waals surface area contributed by atoms with E-state index in [-0.39, 0.29) is 17.0 Å². The summed E-state index contributed by atoms with van der Waals surface area (Å²) >= 11 is 0. The normalized spacial score (nSPS) is 5.86. The molecule has 0 fully saturated rings. The number of hydrogen-bond acceptors (Lipinski definition) is 3. The van der Waals surface area contributed by atoms with Gasteiger partial charge in [0.15, 0.2) is 0 Å². The summed E-state index contributed by atoms with van der Waals surface area (Å²) in [6, 6.07) is 0. The summed E-state index contributed by atoms with van der Waals surface area (Å²) < 4.78 is 0. The molecule has 7 heavy (non-hydrogen) atoms. The number of halogens is 1. The fourth-order valence-corrected chi connectivity index (χ4v) is 0.0373. The molecule has 1 N–H and O–H groups in total. The van der Waals surface area contributed by atoms with Gasteiger partial charge in [0.2, 0.25) is 0 Å². The molecule has 0 aliphatic carbocycles. The highest BCUT2D eigenvalue weighted by Gasteiger charge is 1.85. The van der Waals surface area contributed by atoms with Crippen molar-refractivity contribution in [2.45, 2.75) is 0 Å². The Labute approximate surface area is 51.3 Å². The van der Waals surface area contributed by atoms with E-state index in [1.54, 1.807) is 0 Å². The average molecular weight is 169 g/mol. The molecule has 0 aromatic carbocycles. The Balaban J connectivity index is 0. The Morgan fingerprint density at radius 3 is 2.29 bits per heavy atom. The zero-order valence-electron chi connectivity index (χ0n) is 3.46. The van der Waals surface area contributed by atoms with Gasteiger partial charge in [-0.15, -0.1) is 17.0 Å². The standard InChI is InChI=1S/C3H4O3.BrH/c1-2-3(4)6-5;/h2,5H,1H2;1H. The molecule has 0 aliphatic rings. The van der Waals surface area contributed by atoms with Crippen LogP contribution in [0, 0.1) is 0 Å². The van der Waals surface area contributed by atoms with Crippen LogP contribution in [0.5, 0.6) is 0 Å². The lowest BCUT2D eigenvalue weighted by molar-refractivity contribution is -0.228. The van der Waals surface area contributed by atoms with Gasteiger partial charge >= 0.3 is 5.97 Å². The van der Waals surface area contributed by atoms with E-state index in [9.17, 15) is 4.79 Å². The van der Waals surface area contributed by atoms with Crippen molar-refractivity contribution >= 4 is 23.0 Å². The summed E-state index contributed by atoms with van der Waals surface area (Å²) in [5, 5.41) is 7.41. The topological polar surface area (TPSA) is 46.5 Å². The number of carbonyl (C=O) groups excluding carboxylic acids is 1. The Bertz CT molecular complexity index is 70.6. The van der Waals surface area contributed by atoms with Crippen LogP contribution in [0.2, 0.25) is 0 Å². The first-order valence-electron chi connectivity index (χ1n) is 1.29. The molecule has 42 valence electrons. The van der Waals surface area contributed by atoms with Gasteiger partial charge in [0.25, 0.3) is 0 Å². The molecule has 0 spiro atoms. The molecule has 0 aromatic heterocycles. The van der Waals surface area contributed by atoms with Gasteiger partial charge in [-0.1, -0.05) is 6.58 Å². The minimum Gasteiger partial charge on any atom is -0.296 e. The van der Waals surface area contributed by atoms with E-state index in [2.05, 4.69) is 11.5 Å². The third kappa shape index (κ3) is 5.65. The summed E-state index contributed by atoms with van der Waals surface area (Å²) in [6.07, 6.45) is 0.861. The molecule has 0 saturated carbocycles. The summed E-state index contributed by atoms with van der Waals surface area (Å²) in [4.78, 5) is 12.7. The molecule has 4 heteroatoms. The van der Waals surface area contributed by atoms with Crippen LogP contribution in [-0.2, 0) is 9.68 Å². The average Bonchev–Trinajstić information content (AvgIpc) is 1.65. The zero-order valence-corrected chi connectivity index (χ0v) is 5.17. The third-order valence-electron chi connectivity index (χ3n) is 0.257. The van der Waals surface area contributed by atoms with Crippen LogP contribution in [-0.4, -0.2) is 11.2 Å². The van der Waals surface area contributed by atoms with E-state index in [0.29, 0.717) is 0 Å². The van der Waals surface area contributed by atoms with Gasteiger partial charge in [-0.3, -0.25) is 4.89 Å². The van der Waals surface area contributed by atoms with Gasteiger partial charge in [0.1, 0.15) is 0 Å². The first-order chi connectivity index (χ1) is 2.81. The van der Waals surface area contributed by atoms with E-state index in [1.807, 2.05) is 0 Å². The van der Waals surface area contributed by atoms with E-state index >= 15 is 0 Å². The molecule has 3 nitrogen and oxygen atoms in total. The summed E-state index contributed by atoms with van der Waals surface area (Å²) in [5.74, 6) is -0.838. The fraction of sp³-hybridized carbons (Fsp3) is 0. The van der Waals surface area contributed by atoms with E-state index < -0.39 is 5.97 Å². The smallest absolute Gasteiger partial charge is 0.296 e. The van der Waals surface area contributed by atoms with Crippen molar-refractivity contribution in [2.24, 2.45) is 0 Å². The van der Waals surface area contributed by atoms with Crippen molar-refractivity contribution in [2.75, 3.05) is 0 Å². The van der Waals surface area contributed by atoms with Crippen molar-refractivity contribution in [3.05, 3.63) is 12.7 Å². The second-order valence-corrected chi connectivity index (χ2v) is 0.614. The van der Waals surface area contributed by atoms with Gasteiger partial charge in [-0.2, -0.15) is 5.26 Å². The Kier molecular flexibility index (Phi) is 7.92. The number of rotatable bonds is 1. The second kappa shape index (κ2) is 5.65. The lowest BCUT2D eigenvalue weighted by atomic mass is 10.7. The molecule has 0 rings (SSSR count). The number of hydrogen-bond donors (Lipinski definition) is 1. The van der Waals surface area contributed by atoms with E-state index in [4.69, 9.17) is 5.26 Å². The van der Waals surface area contributed by atoms with Gasteiger partial charge in [-0.25, -0.2) is 4.79 Å². The van der Waals surface area contributed by atoms with Crippen LogP contribution in [0.3, 0.4) is 0 Å². The fourth-order valence-electron chi connectivity index (χ4n) is 0.0373. The first-order valence-corrected chi connectivity index (χ1v) is 1.29. The molecule has 0 saturated heterocycles. The highest BCUT2D eigenvalue weighted by Crippen LogP contribution is 1.67. The molecule has 0 radical (unpaired) electrons. The second-order valence-electron chi connectivity index (χ2n) is 0.614. The lowest BCUT2D eigenvalue weighted by Gasteiger charge is -1.78. The van der Waals surface area contributed by atoms with Crippen molar-refractivity contribution < 1.29 is 14.9 Å². The quantitative estimate of drug-likeness (QED) is 0.358. The predicted molar refractivity (Wildman–Crippen MR) is 29.2 cm³/mol. The van der Waals surface area contributed by atoms with E-state index in [1.165, 1.54) is 0 Å². The molecular formula is C3H5BrO3. The molecule has 0 bridgehead atoms. The zero-order chi connectivity index (χ0) is 4.99. The highest BCUT2D eigenvalue weighted by atomic mass is 79.9. The van der Waals surface area contributed by atoms with Gasteiger partial charge < -0.3 is 0 Å². The van der Waals surface area contributed by atoms with Crippen LogP contribution >= 0.6 is 17.0 Å². The molecule has 0 heterocycles. The highest BCUT2D eigenvalue weighted by molar-refractivity contribution is 8.93. The summed E-state index contributed by atoms with van der Waals surface area (Å²) in [7, 11) is 0. The minimum absolute atomic E-state index is 0.